The van der Waals surface area contributed by atoms with Crippen LogP contribution in [0.5, 0.6) is 11.5 Å². The van der Waals surface area contributed by atoms with Crippen molar-refractivity contribution in [1.29, 1.82) is 0 Å². The molecular formula is C23H26N3O4+. The maximum absolute atomic E-state index is 13.6. The Kier molecular flexibility index (Phi) is 4.43. The van der Waals surface area contributed by atoms with Crippen LogP contribution in [-0.4, -0.2) is 38.6 Å². The number of nitrogens with one attached hydrogen (secondary N) is 3. The number of fused-ring (bicyclic) bond motifs is 4. The molecule has 2 fully saturated rings. The van der Waals surface area contributed by atoms with Crippen molar-refractivity contribution >= 4 is 23.2 Å². The van der Waals surface area contributed by atoms with Gasteiger partial charge in [0.2, 0.25) is 11.4 Å². The van der Waals surface area contributed by atoms with E-state index in [2.05, 4.69) is 10.6 Å². The van der Waals surface area contributed by atoms with Crippen LogP contribution in [0.3, 0.4) is 0 Å². The maximum atomic E-state index is 13.6. The van der Waals surface area contributed by atoms with Crippen molar-refractivity contribution in [3.05, 3.63) is 48.0 Å². The fraction of sp³-hybridized carbons (Fsp3) is 0.391. The van der Waals surface area contributed by atoms with Gasteiger partial charge in [-0.2, -0.15) is 0 Å². The molecule has 2 aromatic rings. The summed E-state index contributed by atoms with van der Waals surface area (Å²) in [4.78, 5) is 28.3. The number of ether oxygens (including phenoxy) is 2. The molecule has 0 bridgehead atoms. The van der Waals surface area contributed by atoms with Gasteiger partial charge in [-0.3, -0.25) is 9.59 Å². The van der Waals surface area contributed by atoms with Crippen LogP contribution in [0.15, 0.2) is 42.5 Å². The zero-order valence-corrected chi connectivity index (χ0v) is 17.2. The van der Waals surface area contributed by atoms with Gasteiger partial charge in [0.05, 0.1) is 38.2 Å². The Bertz CT molecular complexity index is 1020. The number of carbonyl (C=O) groups is 2. The lowest BCUT2D eigenvalue weighted by Gasteiger charge is -2.33. The second-order valence-corrected chi connectivity index (χ2v) is 8.27. The number of hydrogen-bond acceptors (Lipinski definition) is 4. The molecule has 0 saturated carbocycles. The zero-order valence-electron chi connectivity index (χ0n) is 17.2. The molecule has 5 rings (SSSR count). The van der Waals surface area contributed by atoms with Crippen LogP contribution in [0, 0.1) is 5.92 Å². The molecule has 3 aliphatic heterocycles. The van der Waals surface area contributed by atoms with Crippen molar-refractivity contribution < 1.29 is 24.0 Å². The van der Waals surface area contributed by atoms with Gasteiger partial charge in [-0.15, -0.1) is 0 Å². The molecule has 0 aromatic heterocycles. The minimum Gasteiger partial charge on any atom is -0.497 e. The Morgan fingerprint density at radius 3 is 2.83 bits per heavy atom. The Hall–Kier alpha value is -3.06. The van der Waals surface area contributed by atoms with E-state index in [0.717, 1.165) is 30.6 Å². The molecular weight excluding hydrogens is 382 g/mol. The number of anilines is 2. The maximum Gasteiger partial charge on any atom is 0.291 e. The standard InChI is InChI=1S/C23H25N3O4/c1-29-15-9-10-20(30-2)19(13-15)24-21(27)17-12-14-6-5-11-26(14)23(17)16-7-3-4-8-18(16)25-22(23)28/h3-4,7-10,13-14,17H,5-6,11-12H2,1-2H3,(H,24,27)(H,25,28)/p+1/t14-,17+,23-/m0/s1. The Balaban J connectivity index is 1.56. The average Bonchev–Trinajstić information content (AvgIpc) is 3.42. The van der Waals surface area contributed by atoms with Crippen molar-refractivity contribution in [3.63, 3.8) is 0 Å². The van der Waals surface area contributed by atoms with Crippen molar-refractivity contribution in [1.82, 2.24) is 0 Å². The number of amides is 2. The highest BCUT2D eigenvalue weighted by atomic mass is 16.5. The summed E-state index contributed by atoms with van der Waals surface area (Å²) in [6.07, 6.45) is 2.81. The summed E-state index contributed by atoms with van der Waals surface area (Å²) in [5.74, 6) is 0.497. The summed E-state index contributed by atoms with van der Waals surface area (Å²) in [6, 6.07) is 13.4. The number of para-hydroxylation sites is 1. The fourth-order valence-electron chi connectivity index (χ4n) is 5.76. The number of hydrogen-bond donors (Lipinski definition) is 3. The smallest absolute Gasteiger partial charge is 0.291 e. The first-order valence-corrected chi connectivity index (χ1v) is 10.4. The average molecular weight is 408 g/mol. The molecule has 3 aliphatic rings. The number of carbonyl (C=O) groups excluding carboxylic acids is 2. The van der Waals surface area contributed by atoms with Crippen LogP contribution in [0.25, 0.3) is 0 Å². The number of rotatable bonds is 4. The number of benzene rings is 2. The van der Waals surface area contributed by atoms with Crippen LogP contribution in [0.1, 0.15) is 24.8 Å². The second kappa shape index (κ2) is 7.02. The van der Waals surface area contributed by atoms with E-state index < -0.39 is 11.5 Å². The van der Waals surface area contributed by atoms with Gasteiger partial charge >= 0.3 is 0 Å². The van der Waals surface area contributed by atoms with Crippen molar-refractivity contribution in [2.24, 2.45) is 5.92 Å². The quantitative estimate of drug-likeness (QED) is 0.717. The van der Waals surface area contributed by atoms with Gasteiger partial charge in [-0.1, -0.05) is 18.2 Å². The largest absolute Gasteiger partial charge is 0.497 e. The molecule has 2 aromatic carbocycles. The van der Waals surface area contributed by atoms with Crippen LogP contribution in [0.2, 0.25) is 0 Å². The van der Waals surface area contributed by atoms with Gasteiger partial charge in [0, 0.05) is 30.9 Å². The predicted octanol–water partition coefficient (Wildman–Crippen LogP) is 1.56. The molecule has 7 nitrogen and oxygen atoms in total. The Morgan fingerprint density at radius 2 is 2.03 bits per heavy atom. The van der Waals surface area contributed by atoms with Gasteiger partial charge in [0.1, 0.15) is 17.4 Å². The fourth-order valence-corrected chi connectivity index (χ4v) is 5.76. The molecule has 2 amide bonds. The highest BCUT2D eigenvalue weighted by molar-refractivity contribution is 6.09. The van der Waals surface area contributed by atoms with Crippen LogP contribution >= 0.6 is 0 Å². The third-order valence-corrected chi connectivity index (χ3v) is 6.98. The lowest BCUT2D eigenvalue weighted by molar-refractivity contribution is -0.947. The summed E-state index contributed by atoms with van der Waals surface area (Å²) in [5.41, 5.74) is 1.42. The predicted molar refractivity (Wildman–Crippen MR) is 112 cm³/mol. The Labute approximate surface area is 175 Å². The molecule has 156 valence electrons. The van der Waals surface area contributed by atoms with Gasteiger partial charge in [-0.05, 0) is 18.2 Å². The molecule has 1 spiro atoms. The third-order valence-electron chi connectivity index (χ3n) is 6.98. The summed E-state index contributed by atoms with van der Waals surface area (Å²) in [6.45, 7) is 0.901. The zero-order chi connectivity index (χ0) is 20.9. The molecule has 0 aliphatic carbocycles. The van der Waals surface area contributed by atoms with Crippen LogP contribution < -0.4 is 25.0 Å². The topological polar surface area (TPSA) is 81.1 Å². The first-order valence-electron chi connectivity index (χ1n) is 10.4. The van der Waals surface area contributed by atoms with Crippen LogP contribution in [-0.2, 0) is 15.1 Å². The SMILES string of the molecule is COc1ccc(OC)c(NC(=O)[C@H]2C[C@@H]3CCC[NH+]3[C@]23C(=O)Nc2ccccc23)c1. The monoisotopic (exact) mass is 408 g/mol. The molecule has 7 heteroatoms. The van der Waals surface area contributed by atoms with Crippen LogP contribution in [0.4, 0.5) is 11.4 Å². The molecule has 4 atom stereocenters. The summed E-state index contributed by atoms with van der Waals surface area (Å²) < 4.78 is 10.7. The molecule has 30 heavy (non-hydrogen) atoms. The molecule has 2 saturated heterocycles. The first kappa shape index (κ1) is 18.9. The highest BCUT2D eigenvalue weighted by Gasteiger charge is 2.69. The van der Waals surface area contributed by atoms with E-state index in [1.54, 1.807) is 32.4 Å². The normalized spacial score (nSPS) is 28.7. The number of methoxy groups -OCH3 is 2. The molecule has 3 N–H and O–H groups in total. The number of quaternary nitrogens is 1. The van der Waals surface area contributed by atoms with E-state index in [1.807, 2.05) is 24.3 Å². The first-order chi connectivity index (χ1) is 14.6. The molecule has 3 heterocycles. The Morgan fingerprint density at radius 1 is 1.20 bits per heavy atom. The van der Waals surface area contributed by atoms with Crippen molar-refractivity contribution in [3.8, 4) is 11.5 Å². The van der Waals surface area contributed by atoms with E-state index in [4.69, 9.17) is 9.47 Å². The molecule has 0 radical (unpaired) electrons. The lowest BCUT2D eigenvalue weighted by atomic mass is 9.78. The minimum atomic E-state index is -0.881. The minimum absolute atomic E-state index is 0.0687. The van der Waals surface area contributed by atoms with E-state index in [0.29, 0.717) is 29.6 Å². The highest BCUT2D eigenvalue weighted by Crippen LogP contribution is 2.46. The second-order valence-electron chi connectivity index (χ2n) is 8.27. The van der Waals surface area contributed by atoms with E-state index in [1.165, 1.54) is 4.90 Å². The van der Waals surface area contributed by atoms with Gasteiger partial charge in [-0.25, -0.2) is 0 Å². The third kappa shape index (κ3) is 2.55. The van der Waals surface area contributed by atoms with E-state index in [9.17, 15) is 9.59 Å². The van der Waals surface area contributed by atoms with E-state index in [-0.39, 0.29) is 11.8 Å². The van der Waals surface area contributed by atoms with Gasteiger partial charge in [0.15, 0.2) is 0 Å². The molecule has 1 unspecified atom stereocenters. The van der Waals surface area contributed by atoms with E-state index >= 15 is 0 Å². The van der Waals surface area contributed by atoms with Gasteiger partial charge in [0.25, 0.3) is 5.91 Å². The summed E-state index contributed by atoms with van der Waals surface area (Å²) in [7, 11) is 3.15. The van der Waals surface area contributed by atoms with Crippen molar-refractivity contribution in [2.75, 3.05) is 31.4 Å². The summed E-state index contributed by atoms with van der Waals surface area (Å²) in [5, 5.41) is 6.08. The van der Waals surface area contributed by atoms with Crippen molar-refractivity contribution in [2.45, 2.75) is 30.8 Å². The summed E-state index contributed by atoms with van der Waals surface area (Å²) >= 11 is 0. The lowest BCUT2D eigenvalue weighted by Crippen LogP contribution is -3.19. The van der Waals surface area contributed by atoms with Gasteiger partial charge < -0.3 is 25.0 Å².